The summed E-state index contributed by atoms with van der Waals surface area (Å²) in [6, 6.07) is 13.5. The normalized spacial score (nSPS) is 16.8. The van der Waals surface area contributed by atoms with E-state index in [2.05, 4.69) is 0 Å². The lowest BCUT2D eigenvalue weighted by atomic mass is 9.98. The first-order valence-corrected chi connectivity index (χ1v) is 12.1. The number of fused-ring (bicyclic) bond motifs is 1. The highest BCUT2D eigenvalue weighted by molar-refractivity contribution is 5.95. The highest BCUT2D eigenvalue weighted by Gasteiger charge is 2.39. The number of hydrogen-bond donors (Lipinski definition) is 0. The van der Waals surface area contributed by atoms with Crippen LogP contribution in [0.15, 0.2) is 54.7 Å². The topological polar surface area (TPSA) is 77.8 Å². The molecule has 2 atom stereocenters. The molecule has 0 aliphatic carbocycles. The predicted octanol–water partition coefficient (Wildman–Crippen LogP) is 5.72. The van der Waals surface area contributed by atoms with E-state index < -0.39 is 29.5 Å². The van der Waals surface area contributed by atoms with Crippen LogP contribution in [-0.2, 0) is 27.1 Å². The van der Waals surface area contributed by atoms with E-state index in [1.165, 1.54) is 21.6 Å². The first kappa shape index (κ1) is 25.4. The first-order valence-electron chi connectivity index (χ1n) is 12.1. The van der Waals surface area contributed by atoms with E-state index in [1.807, 2.05) is 30.3 Å². The number of imide groups is 1. The second kappa shape index (κ2) is 10.1. The van der Waals surface area contributed by atoms with Crippen LogP contribution in [0.25, 0.3) is 10.9 Å². The molecule has 1 aliphatic rings. The van der Waals surface area contributed by atoms with Gasteiger partial charge in [-0.05, 0) is 69.4 Å². The zero-order valence-electron chi connectivity index (χ0n) is 21.0. The summed E-state index contributed by atoms with van der Waals surface area (Å²) in [5, 5.41) is 0.586. The Morgan fingerprint density at radius 3 is 2.58 bits per heavy atom. The van der Waals surface area contributed by atoms with Gasteiger partial charge in [-0.25, -0.2) is 18.9 Å². The number of cyclic esters (lactones) is 1. The van der Waals surface area contributed by atoms with Crippen molar-refractivity contribution in [1.82, 2.24) is 9.47 Å². The van der Waals surface area contributed by atoms with Crippen LogP contribution in [0, 0.1) is 11.7 Å². The Hall–Kier alpha value is -3.68. The van der Waals surface area contributed by atoms with Gasteiger partial charge < -0.3 is 9.47 Å². The maximum Gasteiger partial charge on any atom is 0.419 e. The summed E-state index contributed by atoms with van der Waals surface area (Å²) in [5.74, 6) is -1.21. The van der Waals surface area contributed by atoms with Gasteiger partial charge in [-0.2, -0.15) is 0 Å². The highest BCUT2D eigenvalue weighted by Crippen LogP contribution is 2.27. The van der Waals surface area contributed by atoms with Gasteiger partial charge in [0.1, 0.15) is 18.0 Å². The molecule has 7 nitrogen and oxygen atoms in total. The average Bonchev–Trinajstić information content (AvgIpc) is 3.36. The number of aromatic nitrogens is 1. The minimum Gasteiger partial charge on any atom is -0.447 e. The third-order valence-corrected chi connectivity index (χ3v) is 6.22. The lowest BCUT2D eigenvalue weighted by Gasteiger charge is -2.23. The van der Waals surface area contributed by atoms with Crippen LogP contribution in [-0.4, -0.2) is 45.8 Å². The van der Waals surface area contributed by atoms with E-state index in [0.717, 1.165) is 11.1 Å². The molecule has 8 heteroatoms. The number of hydrogen-bond acceptors (Lipinski definition) is 5. The summed E-state index contributed by atoms with van der Waals surface area (Å²) in [7, 11) is 0. The quantitative estimate of drug-likeness (QED) is 0.438. The molecule has 0 bridgehead atoms. The van der Waals surface area contributed by atoms with Crippen LogP contribution in [0.4, 0.5) is 14.0 Å². The second-order valence-corrected chi connectivity index (χ2v) is 10.2. The minimum absolute atomic E-state index is 0.162. The van der Waals surface area contributed by atoms with Crippen molar-refractivity contribution < 1.29 is 28.2 Å². The van der Waals surface area contributed by atoms with Crippen LogP contribution in [0.2, 0.25) is 0 Å². The van der Waals surface area contributed by atoms with Crippen molar-refractivity contribution in [2.75, 3.05) is 6.61 Å². The minimum atomic E-state index is -0.685. The molecule has 3 aromatic rings. The van der Waals surface area contributed by atoms with Crippen molar-refractivity contribution in [3.8, 4) is 0 Å². The van der Waals surface area contributed by atoms with Crippen LogP contribution < -0.4 is 0 Å². The summed E-state index contributed by atoms with van der Waals surface area (Å²) in [6.45, 7) is 7.26. The fraction of sp³-hybridized carbons (Fsp3) is 0.393. The van der Waals surface area contributed by atoms with E-state index in [4.69, 9.17) is 9.47 Å². The predicted molar refractivity (Wildman–Crippen MR) is 133 cm³/mol. The molecule has 1 aliphatic heterocycles. The molecule has 2 aromatic carbocycles. The molecule has 4 rings (SSSR count). The Morgan fingerprint density at radius 1 is 1.17 bits per heavy atom. The average molecular weight is 495 g/mol. The van der Waals surface area contributed by atoms with E-state index in [1.54, 1.807) is 40.0 Å². The number of amides is 2. The van der Waals surface area contributed by atoms with Crippen molar-refractivity contribution in [2.45, 2.75) is 58.6 Å². The number of ether oxygens (including phenoxy) is 2. The van der Waals surface area contributed by atoms with Crippen LogP contribution in [0.1, 0.15) is 45.2 Å². The van der Waals surface area contributed by atoms with Gasteiger partial charge in [0, 0.05) is 17.5 Å². The molecule has 2 amide bonds. The van der Waals surface area contributed by atoms with Gasteiger partial charge in [0.25, 0.3) is 0 Å². The number of aryl methyl sites for hydroxylation is 1. The Bertz CT molecular complexity index is 1280. The van der Waals surface area contributed by atoms with Crippen molar-refractivity contribution in [2.24, 2.45) is 5.92 Å². The fourth-order valence-electron chi connectivity index (χ4n) is 4.43. The third-order valence-electron chi connectivity index (χ3n) is 6.22. The largest absolute Gasteiger partial charge is 0.447 e. The van der Waals surface area contributed by atoms with Crippen molar-refractivity contribution in [1.29, 1.82) is 0 Å². The lowest BCUT2D eigenvalue weighted by Crippen LogP contribution is -2.43. The van der Waals surface area contributed by atoms with Gasteiger partial charge in [0.05, 0.1) is 11.6 Å². The van der Waals surface area contributed by atoms with Gasteiger partial charge in [-0.3, -0.25) is 9.36 Å². The van der Waals surface area contributed by atoms with E-state index in [-0.39, 0.29) is 18.6 Å². The van der Waals surface area contributed by atoms with Gasteiger partial charge in [0.15, 0.2) is 0 Å². The summed E-state index contributed by atoms with van der Waals surface area (Å²) in [5.41, 5.74) is 1.59. The third kappa shape index (κ3) is 5.58. The SMILES string of the molecule is CC(CCc1cn(C(=O)OC(C)(C)C)c2ccc(F)cc12)C(=O)N1C(=O)OCC1Cc1ccccc1. The second-order valence-electron chi connectivity index (χ2n) is 10.2. The zero-order chi connectivity index (χ0) is 26.0. The van der Waals surface area contributed by atoms with E-state index in [9.17, 15) is 18.8 Å². The number of nitrogens with zero attached hydrogens (tertiary/aromatic N) is 2. The molecule has 0 saturated carbocycles. The standard InChI is InChI=1S/C28H31FN2O5/c1-18(25(32)31-22(17-35-27(31)34)14-19-8-6-5-7-9-19)10-11-20-16-30(26(33)36-28(2,3)4)24-13-12-21(29)15-23(20)24/h5-9,12-13,15-16,18,22H,10-11,14,17H2,1-4H3. The first-order chi connectivity index (χ1) is 17.0. The van der Waals surface area contributed by atoms with Crippen LogP contribution >= 0.6 is 0 Å². The molecule has 2 heterocycles. The van der Waals surface area contributed by atoms with Crippen molar-refractivity contribution >= 4 is 29.0 Å². The molecular formula is C28H31FN2O5. The Kier molecular flexibility index (Phi) is 7.15. The molecule has 2 unspecified atom stereocenters. The molecule has 0 spiro atoms. The molecule has 1 fully saturated rings. The Labute approximate surface area is 209 Å². The maximum atomic E-state index is 14.1. The van der Waals surface area contributed by atoms with Crippen molar-refractivity contribution in [3.05, 3.63) is 71.7 Å². The molecule has 190 valence electrons. The molecule has 0 N–H and O–H groups in total. The summed E-state index contributed by atoms with van der Waals surface area (Å²) in [4.78, 5) is 39.6. The van der Waals surface area contributed by atoms with Crippen LogP contribution in [0.5, 0.6) is 0 Å². The number of rotatable bonds is 6. The van der Waals surface area contributed by atoms with E-state index in [0.29, 0.717) is 30.2 Å². The zero-order valence-corrected chi connectivity index (χ0v) is 21.0. The molecule has 0 radical (unpaired) electrons. The number of carbonyl (C=O) groups is 3. The maximum absolute atomic E-state index is 14.1. The van der Waals surface area contributed by atoms with Crippen LogP contribution in [0.3, 0.4) is 0 Å². The van der Waals surface area contributed by atoms with Gasteiger partial charge in [-0.15, -0.1) is 0 Å². The van der Waals surface area contributed by atoms with Crippen molar-refractivity contribution in [3.63, 3.8) is 0 Å². The number of carbonyl (C=O) groups excluding carboxylic acids is 3. The molecule has 1 aromatic heterocycles. The summed E-state index contributed by atoms with van der Waals surface area (Å²) in [6.07, 6.45) is 1.79. The monoisotopic (exact) mass is 494 g/mol. The van der Waals surface area contributed by atoms with Gasteiger partial charge in [0.2, 0.25) is 5.91 Å². The Morgan fingerprint density at radius 2 is 1.89 bits per heavy atom. The summed E-state index contributed by atoms with van der Waals surface area (Å²) >= 11 is 0. The molecule has 36 heavy (non-hydrogen) atoms. The number of halogens is 1. The Balaban J connectivity index is 1.50. The molecular weight excluding hydrogens is 463 g/mol. The highest BCUT2D eigenvalue weighted by atomic mass is 19.1. The lowest BCUT2D eigenvalue weighted by molar-refractivity contribution is -0.133. The van der Waals surface area contributed by atoms with Gasteiger partial charge >= 0.3 is 12.2 Å². The van der Waals surface area contributed by atoms with Gasteiger partial charge in [-0.1, -0.05) is 37.3 Å². The fourth-order valence-corrected chi connectivity index (χ4v) is 4.43. The summed E-state index contributed by atoms with van der Waals surface area (Å²) < 4.78 is 26.1. The number of benzene rings is 2. The van der Waals surface area contributed by atoms with E-state index >= 15 is 0 Å². The smallest absolute Gasteiger partial charge is 0.419 e. The molecule has 1 saturated heterocycles.